The molecule has 7 heteroatoms. The van der Waals surface area contributed by atoms with E-state index in [9.17, 15) is 18.0 Å². The first-order chi connectivity index (χ1) is 13.3. The summed E-state index contributed by atoms with van der Waals surface area (Å²) in [5.41, 5.74) is 1.90. The molecule has 2 aromatic rings. The molecule has 1 aliphatic heterocycles. The number of likely N-dealkylation sites (tertiary alicyclic amines) is 1. The molecule has 1 fully saturated rings. The molecule has 28 heavy (non-hydrogen) atoms. The Hall–Kier alpha value is -2.67. The summed E-state index contributed by atoms with van der Waals surface area (Å²) in [5.74, 6) is -0.509. The summed E-state index contributed by atoms with van der Waals surface area (Å²) in [5, 5.41) is 2.91. The quantitative estimate of drug-likeness (QED) is 0.836. The van der Waals surface area contributed by atoms with Crippen LogP contribution in [0.15, 0.2) is 54.6 Å². The second-order valence-corrected chi connectivity index (χ2v) is 9.35. The van der Waals surface area contributed by atoms with Crippen molar-refractivity contribution in [2.75, 3.05) is 24.7 Å². The van der Waals surface area contributed by atoms with Crippen LogP contribution in [0.3, 0.4) is 0 Å². The average molecular weight is 401 g/mol. The van der Waals surface area contributed by atoms with Gasteiger partial charge in [-0.2, -0.15) is 0 Å². The van der Waals surface area contributed by atoms with Gasteiger partial charge in [-0.1, -0.05) is 30.3 Å². The summed E-state index contributed by atoms with van der Waals surface area (Å²) < 4.78 is 22.8. The van der Waals surface area contributed by atoms with E-state index in [1.807, 2.05) is 30.3 Å². The fourth-order valence-electron chi connectivity index (χ4n) is 3.37. The van der Waals surface area contributed by atoms with Crippen LogP contribution in [-0.4, -0.2) is 44.5 Å². The molecule has 2 amide bonds. The van der Waals surface area contributed by atoms with E-state index in [4.69, 9.17) is 0 Å². The van der Waals surface area contributed by atoms with Gasteiger partial charge in [0.2, 0.25) is 5.91 Å². The Kier molecular flexibility index (Phi) is 6.14. The third-order valence-corrected chi connectivity index (χ3v) is 5.61. The minimum Gasteiger partial charge on any atom is -0.338 e. The number of sulfone groups is 1. The molecule has 0 aliphatic carbocycles. The largest absolute Gasteiger partial charge is 0.338 e. The number of amides is 2. The number of rotatable bonds is 5. The minimum atomic E-state index is -3.11. The maximum Gasteiger partial charge on any atom is 0.253 e. The molecule has 1 saturated heterocycles. The topological polar surface area (TPSA) is 83.6 Å². The lowest BCUT2D eigenvalue weighted by atomic mass is 9.96. The van der Waals surface area contributed by atoms with Gasteiger partial charge in [0.05, 0.1) is 11.7 Å². The highest BCUT2D eigenvalue weighted by Crippen LogP contribution is 2.21. The first-order valence-electron chi connectivity index (χ1n) is 9.24. The Labute approximate surface area is 165 Å². The molecule has 2 aromatic carbocycles. The fourth-order valence-corrected chi connectivity index (χ4v) is 4.17. The molecule has 1 heterocycles. The van der Waals surface area contributed by atoms with Gasteiger partial charge < -0.3 is 10.2 Å². The van der Waals surface area contributed by atoms with E-state index in [1.165, 1.54) is 6.26 Å². The zero-order valence-electron chi connectivity index (χ0n) is 15.8. The molecule has 1 atom stereocenters. The van der Waals surface area contributed by atoms with E-state index < -0.39 is 9.84 Å². The van der Waals surface area contributed by atoms with Crippen LogP contribution in [0.25, 0.3) is 0 Å². The van der Waals surface area contributed by atoms with Crippen molar-refractivity contribution in [2.24, 2.45) is 5.92 Å². The van der Waals surface area contributed by atoms with Crippen LogP contribution >= 0.6 is 0 Å². The Morgan fingerprint density at radius 1 is 1.07 bits per heavy atom. The number of anilines is 1. The van der Waals surface area contributed by atoms with E-state index in [-0.39, 0.29) is 23.5 Å². The van der Waals surface area contributed by atoms with Gasteiger partial charge in [0.15, 0.2) is 9.84 Å². The first-order valence-corrected chi connectivity index (χ1v) is 11.3. The van der Waals surface area contributed by atoms with Crippen molar-refractivity contribution in [3.63, 3.8) is 0 Å². The number of carbonyl (C=O) groups excluding carboxylic acids is 2. The number of nitrogens with one attached hydrogen (secondary N) is 1. The van der Waals surface area contributed by atoms with Gasteiger partial charge in [-0.05, 0) is 42.7 Å². The number of para-hydroxylation sites is 1. The van der Waals surface area contributed by atoms with Gasteiger partial charge in [0.25, 0.3) is 5.91 Å². The molecular weight excluding hydrogens is 376 g/mol. The summed E-state index contributed by atoms with van der Waals surface area (Å²) in [6, 6.07) is 15.9. The Bertz CT molecular complexity index is 940. The Morgan fingerprint density at radius 2 is 1.75 bits per heavy atom. The molecule has 0 aromatic heterocycles. The molecule has 3 rings (SSSR count). The van der Waals surface area contributed by atoms with Gasteiger partial charge in [0, 0.05) is 30.6 Å². The van der Waals surface area contributed by atoms with Crippen molar-refractivity contribution in [1.29, 1.82) is 0 Å². The molecule has 0 spiro atoms. The highest BCUT2D eigenvalue weighted by atomic mass is 32.2. The molecule has 0 saturated carbocycles. The van der Waals surface area contributed by atoms with Gasteiger partial charge in [0.1, 0.15) is 0 Å². The molecule has 1 N–H and O–H groups in total. The van der Waals surface area contributed by atoms with Crippen LogP contribution in [0.4, 0.5) is 5.69 Å². The predicted octanol–water partition coefficient (Wildman–Crippen LogP) is 2.72. The van der Waals surface area contributed by atoms with Crippen LogP contribution in [0.1, 0.15) is 28.8 Å². The number of nitrogens with zero attached hydrogens (tertiary/aromatic N) is 1. The van der Waals surface area contributed by atoms with Gasteiger partial charge in [-0.25, -0.2) is 8.42 Å². The normalized spacial score (nSPS) is 17.2. The van der Waals surface area contributed by atoms with E-state index in [1.54, 1.807) is 29.2 Å². The van der Waals surface area contributed by atoms with E-state index in [2.05, 4.69) is 5.32 Å². The highest BCUT2D eigenvalue weighted by molar-refractivity contribution is 7.89. The van der Waals surface area contributed by atoms with Crippen LogP contribution in [0.5, 0.6) is 0 Å². The standard InChI is InChI=1S/C21H24N2O4S/c1-28(26,27)15-16-9-11-17(12-10-16)21(25)23-13-5-6-18(14-23)20(24)22-19-7-3-2-4-8-19/h2-4,7-12,18H,5-6,13-15H2,1H3,(H,22,24). The molecule has 1 unspecified atom stereocenters. The van der Waals surface area contributed by atoms with E-state index in [0.717, 1.165) is 18.5 Å². The molecular formula is C21H24N2O4S. The lowest BCUT2D eigenvalue weighted by Gasteiger charge is -2.32. The monoisotopic (exact) mass is 400 g/mol. The lowest BCUT2D eigenvalue weighted by molar-refractivity contribution is -0.121. The maximum absolute atomic E-state index is 12.8. The van der Waals surface area contributed by atoms with E-state index >= 15 is 0 Å². The summed E-state index contributed by atoms with van der Waals surface area (Å²) in [6.07, 6.45) is 2.70. The summed E-state index contributed by atoms with van der Waals surface area (Å²) in [7, 11) is -3.11. The summed E-state index contributed by atoms with van der Waals surface area (Å²) in [6.45, 7) is 0.988. The molecule has 6 nitrogen and oxygen atoms in total. The highest BCUT2D eigenvalue weighted by Gasteiger charge is 2.29. The van der Waals surface area contributed by atoms with Crippen molar-refractivity contribution in [2.45, 2.75) is 18.6 Å². The number of piperidine rings is 1. The van der Waals surface area contributed by atoms with Crippen LogP contribution < -0.4 is 5.32 Å². The first kappa shape index (κ1) is 20.1. The van der Waals surface area contributed by atoms with Crippen molar-refractivity contribution >= 4 is 27.3 Å². The summed E-state index contributed by atoms with van der Waals surface area (Å²) in [4.78, 5) is 27.0. The SMILES string of the molecule is CS(=O)(=O)Cc1ccc(C(=O)N2CCCC(C(=O)Nc3ccccc3)C2)cc1. The van der Waals surface area contributed by atoms with Crippen LogP contribution in [-0.2, 0) is 20.4 Å². The van der Waals surface area contributed by atoms with Crippen molar-refractivity contribution in [3.05, 3.63) is 65.7 Å². The van der Waals surface area contributed by atoms with Crippen molar-refractivity contribution in [1.82, 2.24) is 4.90 Å². The van der Waals surface area contributed by atoms with E-state index in [0.29, 0.717) is 24.2 Å². The van der Waals surface area contributed by atoms with Crippen LogP contribution in [0, 0.1) is 5.92 Å². The predicted molar refractivity (Wildman–Crippen MR) is 109 cm³/mol. The smallest absolute Gasteiger partial charge is 0.253 e. The Morgan fingerprint density at radius 3 is 2.39 bits per heavy atom. The van der Waals surface area contributed by atoms with Gasteiger partial charge in [-0.15, -0.1) is 0 Å². The van der Waals surface area contributed by atoms with Gasteiger partial charge >= 0.3 is 0 Å². The number of hydrogen-bond acceptors (Lipinski definition) is 4. The minimum absolute atomic E-state index is 0.0487. The average Bonchev–Trinajstić information content (AvgIpc) is 2.68. The summed E-state index contributed by atoms with van der Waals surface area (Å²) >= 11 is 0. The third kappa shape index (κ3) is 5.42. The number of benzene rings is 2. The Balaban J connectivity index is 1.63. The molecule has 1 aliphatic rings. The second-order valence-electron chi connectivity index (χ2n) is 7.21. The zero-order valence-corrected chi connectivity index (χ0v) is 16.6. The zero-order chi connectivity index (χ0) is 20.1. The third-order valence-electron chi connectivity index (χ3n) is 4.75. The molecule has 0 radical (unpaired) electrons. The van der Waals surface area contributed by atoms with Gasteiger partial charge in [-0.3, -0.25) is 9.59 Å². The molecule has 0 bridgehead atoms. The fraction of sp³-hybridized carbons (Fsp3) is 0.333. The number of carbonyl (C=O) groups is 2. The van der Waals surface area contributed by atoms with Crippen LogP contribution in [0.2, 0.25) is 0 Å². The lowest BCUT2D eigenvalue weighted by Crippen LogP contribution is -2.43. The second kappa shape index (κ2) is 8.56. The van der Waals surface area contributed by atoms with Crippen molar-refractivity contribution < 1.29 is 18.0 Å². The van der Waals surface area contributed by atoms with Crippen molar-refractivity contribution in [3.8, 4) is 0 Å². The molecule has 148 valence electrons. The maximum atomic E-state index is 12.8. The number of hydrogen-bond donors (Lipinski definition) is 1.